The van der Waals surface area contributed by atoms with Crippen molar-refractivity contribution in [1.82, 2.24) is 5.32 Å². The lowest BCUT2D eigenvalue weighted by atomic mass is 10.1. The van der Waals surface area contributed by atoms with Crippen molar-refractivity contribution >= 4 is 18.5 Å². The average molecular weight is 275 g/mol. The van der Waals surface area contributed by atoms with Gasteiger partial charge >= 0.3 is 0 Å². The molecule has 0 radical (unpaired) electrons. The highest BCUT2D eigenvalue weighted by Crippen LogP contribution is 2.13. The van der Waals surface area contributed by atoms with E-state index >= 15 is 0 Å². The molecule has 0 atom stereocenters. The average Bonchev–Trinajstić information content (AvgIpc) is 2.42. The number of halogens is 1. The summed E-state index contributed by atoms with van der Waals surface area (Å²) in [5.74, 6) is -0.945. The molecule has 98 valence electrons. The number of hydrogen-bond donors (Lipinski definition) is 2. The Kier molecular flexibility index (Phi) is 4.58. The molecule has 0 aliphatic rings. The van der Waals surface area contributed by atoms with E-state index in [1.54, 1.807) is 0 Å². The number of hydrogen-bond acceptors (Lipinski definition) is 2. The Labute approximate surface area is 117 Å². The van der Waals surface area contributed by atoms with E-state index in [4.69, 9.17) is 0 Å². The molecule has 0 saturated heterocycles. The van der Waals surface area contributed by atoms with Crippen molar-refractivity contribution in [3.63, 3.8) is 0 Å². The van der Waals surface area contributed by atoms with Crippen LogP contribution in [0.5, 0.6) is 0 Å². The van der Waals surface area contributed by atoms with Gasteiger partial charge in [0.1, 0.15) is 5.82 Å². The van der Waals surface area contributed by atoms with E-state index in [1.165, 1.54) is 18.2 Å². The van der Waals surface area contributed by atoms with Gasteiger partial charge in [-0.25, -0.2) is 4.39 Å². The maximum absolute atomic E-state index is 13.5. The summed E-state index contributed by atoms with van der Waals surface area (Å²) in [6, 6.07) is 14.0. The van der Waals surface area contributed by atoms with Crippen LogP contribution < -0.4 is 5.32 Å². The van der Waals surface area contributed by atoms with Gasteiger partial charge in [-0.15, -0.1) is 12.6 Å². The fraction of sp³-hybridized carbons (Fsp3) is 0.133. The van der Waals surface area contributed by atoms with Gasteiger partial charge in [0, 0.05) is 11.4 Å². The smallest absolute Gasteiger partial charge is 0.254 e. The number of carbonyl (C=O) groups excluding carboxylic acids is 1. The predicted molar refractivity (Wildman–Crippen MR) is 76.1 cm³/mol. The Morgan fingerprint density at radius 1 is 1.16 bits per heavy atom. The van der Waals surface area contributed by atoms with Crippen LogP contribution in [0.25, 0.3) is 0 Å². The quantitative estimate of drug-likeness (QED) is 0.825. The van der Waals surface area contributed by atoms with Gasteiger partial charge in [-0.2, -0.15) is 0 Å². The maximum atomic E-state index is 13.5. The van der Waals surface area contributed by atoms with Crippen LogP contribution in [-0.2, 0) is 6.42 Å². The Morgan fingerprint density at radius 2 is 1.89 bits per heavy atom. The third kappa shape index (κ3) is 3.83. The van der Waals surface area contributed by atoms with Crippen molar-refractivity contribution in [3.8, 4) is 0 Å². The summed E-state index contributed by atoms with van der Waals surface area (Å²) in [5.41, 5.74) is 1.16. The number of benzene rings is 2. The first kappa shape index (κ1) is 13.6. The van der Waals surface area contributed by atoms with Crippen LogP contribution in [0.2, 0.25) is 0 Å². The molecule has 1 amide bonds. The standard InChI is InChI=1S/C15H14FNOS/c16-14-7-6-12(19)10-13(14)15(18)17-9-8-11-4-2-1-3-5-11/h1-7,10,19H,8-9H2,(H,17,18). The van der Waals surface area contributed by atoms with Gasteiger partial charge in [0.25, 0.3) is 5.91 Å². The minimum atomic E-state index is -0.532. The molecule has 2 aromatic carbocycles. The summed E-state index contributed by atoms with van der Waals surface area (Å²) in [7, 11) is 0. The monoisotopic (exact) mass is 275 g/mol. The van der Waals surface area contributed by atoms with E-state index in [9.17, 15) is 9.18 Å². The van der Waals surface area contributed by atoms with Gasteiger partial charge in [-0.1, -0.05) is 30.3 Å². The lowest BCUT2D eigenvalue weighted by Crippen LogP contribution is -2.26. The van der Waals surface area contributed by atoms with Crippen LogP contribution in [0.1, 0.15) is 15.9 Å². The van der Waals surface area contributed by atoms with Crippen LogP contribution in [0.3, 0.4) is 0 Å². The molecule has 0 saturated carbocycles. The fourth-order valence-corrected chi connectivity index (χ4v) is 1.95. The number of thiol groups is 1. The predicted octanol–water partition coefficient (Wildman–Crippen LogP) is 3.09. The highest BCUT2D eigenvalue weighted by atomic mass is 32.1. The summed E-state index contributed by atoms with van der Waals surface area (Å²) in [4.78, 5) is 12.4. The largest absolute Gasteiger partial charge is 0.352 e. The highest BCUT2D eigenvalue weighted by Gasteiger charge is 2.11. The van der Waals surface area contributed by atoms with Crippen molar-refractivity contribution in [1.29, 1.82) is 0 Å². The summed E-state index contributed by atoms with van der Waals surface area (Å²) in [6.07, 6.45) is 0.717. The molecule has 0 unspecified atom stereocenters. The van der Waals surface area contributed by atoms with Crippen LogP contribution in [0.15, 0.2) is 53.4 Å². The normalized spacial score (nSPS) is 10.2. The van der Waals surface area contributed by atoms with E-state index in [-0.39, 0.29) is 5.56 Å². The van der Waals surface area contributed by atoms with Gasteiger partial charge in [0.2, 0.25) is 0 Å². The molecule has 0 aliphatic carbocycles. The number of carbonyl (C=O) groups is 1. The molecular weight excluding hydrogens is 261 g/mol. The van der Waals surface area contributed by atoms with E-state index in [1.807, 2.05) is 30.3 Å². The third-order valence-corrected chi connectivity index (χ3v) is 3.01. The Morgan fingerprint density at radius 3 is 2.63 bits per heavy atom. The summed E-state index contributed by atoms with van der Waals surface area (Å²) < 4.78 is 13.5. The number of amides is 1. The van der Waals surface area contributed by atoms with Crippen LogP contribution in [-0.4, -0.2) is 12.5 Å². The molecule has 19 heavy (non-hydrogen) atoms. The minimum absolute atomic E-state index is 0.0283. The highest BCUT2D eigenvalue weighted by molar-refractivity contribution is 7.80. The van der Waals surface area contributed by atoms with Crippen LogP contribution >= 0.6 is 12.6 Å². The second kappa shape index (κ2) is 6.38. The van der Waals surface area contributed by atoms with Crippen molar-refractivity contribution < 1.29 is 9.18 Å². The first-order chi connectivity index (χ1) is 9.16. The lowest BCUT2D eigenvalue weighted by molar-refractivity contribution is 0.0950. The summed E-state index contributed by atoms with van der Waals surface area (Å²) in [6.45, 7) is 0.471. The fourth-order valence-electron chi connectivity index (χ4n) is 1.75. The lowest BCUT2D eigenvalue weighted by Gasteiger charge is -2.07. The van der Waals surface area contributed by atoms with Crippen molar-refractivity contribution in [2.24, 2.45) is 0 Å². The first-order valence-electron chi connectivity index (χ1n) is 5.97. The van der Waals surface area contributed by atoms with Crippen molar-refractivity contribution in [2.75, 3.05) is 6.54 Å². The number of rotatable bonds is 4. The number of nitrogens with one attached hydrogen (secondary N) is 1. The van der Waals surface area contributed by atoms with Gasteiger partial charge in [-0.3, -0.25) is 4.79 Å². The molecule has 4 heteroatoms. The van der Waals surface area contributed by atoms with E-state index in [2.05, 4.69) is 17.9 Å². The first-order valence-corrected chi connectivity index (χ1v) is 6.42. The minimum Gasteiger partial charge on any atom is -0.352 e. The molecule has 0 fully saturated rings. The Bertz CT molecular complexity index is 572. The second-order valence-electron chi connectivity index (χ2n) is 4.16. The van der Waals surface area contributed by atoms with Gasteiger partial charge in [0.15, 0.2) is 0 Å². The SMILES string of the molecule is O=C(NCCc1ccccc1)c1cc(S)ccc1F. The molecule has 1 N–H and O–H groups in total. The Hall–Kier alpha value is -1.81. The van der Waals surface area contributed by atoms with Gasteiger partial charge in [0.05, 0.1) is 5.56 Å². The topological polar surface area (TPSA) is 29.1 Å². The molecule has 2 rings (SSSR count). The molecule has 0 bridgehead atoms. The zero-order valence-corrected chi connectivity index (χ0v) is 11.2. The van der Waals surface area contributed by atoms with Gasteiger partial charge < -0.3 is 5.32 Å². The zero-order chi connectivity index (χ0) is 13.7. The molecule has 2 nitrogen and oxygen atoms in total. The van der Waals surface area contributed by atoms with E-state index < -0.39 is 11.7 Å². The molecular formula is C15H14FNOS. The molecule has 0 heterocycles. The van der Waals surface area contributed by atoms with Crippen LogP contribution in [0.4, 0.5) is 4.39 Å². The third-order valence-electron chi connectivity index (χ3n) is 2.74. The molecule has 2 aromatic rings. The maximum Gasteiger partial charge on any atom is 0.254 e. The van der Waals surface area contributed by atoms with Gasteiger partial charge in [-0.05, 0) is 30.2 Å². The van der Waals surface area contributed by atoms with Crippen LogP contribution in [0, 0.1) is 5.82 Å². The van der Waals surface area contributed by atoms with E-state index in [0.717, 1.165) is 12.0 Å². The summed E-state index contributed by atoms with van der Waals surface area (Å²) >= 11 is 4.10. The zero-order valence-electron chi connectivity index (χ0n) is 10.3. The molecule has 0 spiro atoms. The Balaban J connectivity index is 1.93. The van der Waals surface area contributed by atoms with E-state index in [0.29, 0.717) is 11.4 Å². The molecule has 0 aliphatic heterocycles. The molecule has 0 aromatic heterocycles. The second-order valence-corrected chi connectivity index (χ2v) is 4.67. The summed E-state index contributed by atoms with van der Waals surface area (Å²) in [5, 5.41) is 2.70. The van der Waals surface area contributed by atoms with Crippen molar-refractivity contribution in [3.05, 3.63) is 65.5 Å². The van der Waals surface area contributed by atoms with Crippen molar-refractivity contribution in [2.45, 2.75) is 11.3 Å².